The molecule has 10 nitrogen and oxygen atoms in total. The number of aryl methyl sites for hydroxylation is 2. The van der Waals surface area contributed by atoms with Crippen LogP contribution in [0.4, 0.5) is 5.69 Å². The number of thioether (sulfide) groups is 1. The van der Waals surface area contributed by atoms with Gasteiger partial charge in [-0.15, -0.1) is 0 Å². The maximum atomic E-state index is 13.0. The Balaban J connectivity index is 1.38. The normalized spacial score (nSPS) is 14.9. The number of amides is 2. The van der Waals surface area contributed by atoms with E-state index >= 15 is 0 Å². The van der Waals surface area contributed by atoms with E-state index in [1.165, 1.54) is 44.6 Å². The molecule has 1 unspecified atom stereocenters. The van der Waals surface area contributed by atoms with E-state index in [1.54, 1.807) is 12.1 Å². The summed E-state index contributed by atoms with van der Waals surface area (Å²) in [6.45, 7) is 3.20. The fourth-order valence-electron chi connectivity index (χ4n) is 3.89. The molecule has 0 N–H and O–H groups in total. The van der Waals surface area contributed by atoms with Crippen LogP contribution in [0.1, 0.15) is 38.5 Å². The van der Waals surface area contributed by atoms with Crippen LogP contribution in [0.25, 0.3) is 0 Å². The Bertz CT molecular complexity index is 1390. The highest BCUT2D eigenvalue weighted by Crippen LogP contribution is 2.33. The van der Waals surface area contributed by atoms with Gasteiger partial charge >= 0.3 is 5.97 Å². The molecule has 1 aromatic heterocycles. The van der Waals surface area contributed by atoms with E-state index in [2.05, 4.69) is 9.97 Å². The zero-order valence-corrected chi connectivity index (χ0v) is 22.0. The van der Waals surface area contributed by atoms with Crippen LogP contribution in [0, 0.1) is 13.8 Å². The van der Waals surface area contributed by atoms with Crippen molar-refractivity contribution in [1.29, 1.82) is 0 Å². The lowest BCUT2D eigenvalue weighted by Gasteiger charge is -2.15. The van der Waals surface area contributed by atoms with E-state index in [1.807, 2.05) is 19.9 Å². The molecule has 11 heteroatoms. The standard InChI is InChI=1S/C27H25N3O7S/c1-15-11-16(2)29-27(28-15)38-23-13-24(32)30(25(23)33)19-8-5-17(6-9-19)26(34)37-14-20(31)18-7-10-21(35-3)22(12-18)36-4/h5-12,23H,13-14H2,1-4H3. The Morgan fingerprint density at radius 2 is 1.55 bits per heavy atom. The van der Waals surface area contributed by atoms with Crippen molar-refractivity contribution >= 4 is 41.0 Å². The van der Waals surface area contributed by atoms with Crippen LogP contribution in [-0.4, -0.2) is 59.6 Å². The summed E-state index contributed by atoms with van der Waals surface area (Å²) in [5.41, 5.74) is 2.36. The van der Waals surface area contributed by atoms with Gasteiger partial charge in [-0.3, -0.25) is 14.4 Å². The Morgan fingerprint density at radius 1 is 0.921 bits per heavy atom. The van der Waals surface area contributed by atoms with Crippen LogP contribution in [0.2, 0.25) is 0 Å². The molecule has 3 aromatic rings. The molecule has 196 valence electrons. The molecule has 1 saturated heterocycles. The minimum Gasteiger partial charge on any atom is -0.493 e. The van der Waals surface area contributed by atoms with Crippen molar-refractivity contribution in [2.75, 3.05) is 25.7 Å². The largest absolute Gasteiger partial charge is 0.493 e. The van der Waals surface area contributed by atoms with Crippen LogP contribution in [0.15, 0.2) is 53.7 Å². The number of esters is 1. The number of ether oxygens (including phenoxy) is 3. The molecule has 2 heterocycles. The van der Waals surface area contributed by atoms with Gasteiger partial charge in [0.15, 0.2) is 29.0 Å². The van der Waals surface area contributed by atoms with Crippen molar-refractivity contribution < 1.29 is 33.4 Å². The van der Waals surface area contributed by atoms with Crippen molar-refractivity contribution in [2.45, 2.75) is 30.7 Å². The van der Waals surface area contributed by atoms with Crippen molar-refractivity contribution in [3.63, 3.8) is 0 Å². The Labute approximate surface area is 223 Å². The summed E-state index contributed by atoms with van der Waals surface area (Å²) in [7, 11) is 2.94. The summed E-state index contributed by atoms with van der Waals surface area (Å²) in [4.78, 5) is 60.4. The van der Waals surface area contributed by atoms with Crippen LogP contribution < -0.4 is 14.4 Å². The molecule has 0 radical (unpaired) electrons. The van der Waals surface area contributed by atoms with E-state index in [4.69, 9.17) is 14.2 Å². The zero-order valence-electron chi connectivity index (χ0n) is 21.2. The topological polar surface area (TPSA) is 125 Å². The molecule has 0 spiro atoms. The lowest BCUT2D eigenvalue weighted by Crippen LogP contribution is -2.31. The number of imide groups is 1. The first-order chi connectivity index (χ1) is 18.2. The first kappa shape index (κ1) is 26.8. The van der Waals surface area contributed by atoms with Gasteiger partial charge in [0.1, 0.15) is 5.25 Å². The number of hydrogen-bond acceptors (Lipinski definition) is 10. The van der Waals surface area contributed by atoms with Gasteiger partial charge in [0.2, 0.25) is 11.8 Å². The summed E-state index contributed by atoms with van der Waals surface area (Å²) in [5, 5.41) is -0.202. The van der Waals surface area contributed by atoms with Crippen molar-refractivity contribution in [3.05, 3.63) is 71.0 Å². The fourth-order valence-corrected chi connectivity index (χ4v) is 4.97. The summed E-state index contributed by atoms with van der Waals surface area (Å²) >= 11 is 1.15. The highest BCUT2D eigenvalue weighted by Gasteiger charge is 2.40. The average Bonchev–Trinajstić information content (AvgIpc) is 3.18. The van der Waals surface area contributed by atoms with Crippen LogP contribution >= 0.6 is 11.8 Å². The maximum absolute atomic E-state index is 13.0. The van der Waals surface area contributed by atoms with Crippen molar-refractivity contribution in [2.24, 2.45) is 0 Å². The van der Waals surface area contributed by atoms with Gasteiger partial charge in [0, 0.05) is 23.4 Å². The summed E-state index contributed by atoms with van der Waals surface area (Å²) in [6.07, 6.45) is 0.0158. The number of ketones is 1. The number of aromatic nitrogens is 2. The second-order valence-electron chi connectivity index (χ2n) is 8.43. The predicted octanol–water partition coefficient (Wildman–Crippen LogP) is 3.57. The quantitative estimate of drug-likeness (QED) is 0.174. The molecule has 2 aromatic carbocycles. The zero-order chi connectivity index (χ0) is 27.4. The molecule has 0 saturated carbocycles. The molecule has 0 aliphatic carbocycles. The van der Waals surface area contributed by atoms with Crippen LogP contribution in [-0.2, 0) is 14.3 Å². The highest BCUT2D eigenvalue weighted by molar-refractivity contribution is 8.00. The monoisotopic (exact) mass is 535 g/mol. The fraction of sp³-hybridized carbons (Fsp3) is 0.259. The Hall–Kier alpha value is -4.25. The molecule has 2 amide bonds. The molecule has 4 rings (SSSR count). The first-order valence-corrected chi connectivity index (χ1v) is 12.5. The Kier molecular flexibility index (Phi) is 8.06. The maximum Gasteiger partial charge on any atom is 0.338 e. The molecule has 1 aliphatic rings. The second-order valence-corrected chi connectivity index (χ2v) is 9.60. The summed E-state index contributed by atoms with van der Waals surface area (Å²) < 4.78 is 15.5. The first-order valence-electron chi connectivity index (χ1n) is 11.6. The number of carbonyl (C=O) groups excluding carboxylic acids is 4. The van der Waals surface area contributed by atoms with Gasteiger partial charge in [0.05, 0.1) is 25.5 Å². The number of rotatable bonds is 9. The van der Waals surface area contributed by atoms with E-state index in [-0.39, 0.29) is 23.8 Å². The number of carbonyl (C=O) groups is 4. The molecule has 38 heavy (non-hydrogen) atoms. The molecular weight excluding hydrogens is 510 g/mol. The SMILES string of the molecule is COc1ccc(C(=O)COC(=O)c2ccc(N3C(=O)CC(Sc4nc(C)cc(C)n4)C3=O)cc2)cc1OC. The van der Waals surface area contributed by atoms with E-state index in [0.29, 0.717) is 27.9 Å². The summed E-state index contributed by atoms with van der Waals surface area (Å²) in [6, 6.07) is 12.3. The summed E-state index contributed by atoms with van der Waals surface area (Å²) in [5.74, 6) is -1.01. The smallest absolute Gasteiger partial charge is 0.338 e. The van der Waals surface area contributed by atoms with E-state index < -0.39 is 23.6 Å². The van der Waals surface area contributed by atoms with Gasteiger partial charge < -0.3 is 14.2 Å². The van der Waals surface area contributed by atoms with E-state index in [0.717, 1.165) is 28.0 Å². The van der Waals surface area contributed by atoms with Crippen molar-refractivity contribution in [3.8, 4) is 11.5 Å². The number of hydrogen-bond donors (Lipinski definition) is 0. The lowest BCUT2D eigenvalue weighted by atomic mass is 10.1. The Morgan fingerprint density at radius 3 is 2.18 bits per heavy atom. The third kappa shape index (κ3) is 5.83. The number of Topliss-reactive ketones (excluding diaryl/α,β-unsaturated/α-hetero) is 1. The second kappa shape index (κ2) is 11.4. The lowest BCUT2D eigenvalue weighted by molar-refractivity contribution is -0.121. The molecule has 1 aliphatic heterocycles. The van der Waals surface area contributed by atoms with Crippen LogP contribution in [0.3, 0.4) is 0 Å². The van der Waals surface area contributed by atoms with Gasteiger partial charge in [-0.1, -0.05) is 11.8 Å². The number of methoxy groups -OCH3 is 2. The average molecular weight is 536 g/mol. The van der Waals surface area contributed by atoms with Crippen LogP contribution in [0.5, 0.6) is 11.5 Å². The third-order valence-electron chi connectivity index (χ3n) is 5.72. The predicted molar refractivity (Wildman–Crippen MR) is 139 cm³/mol. The van der Waals surface area contributed by atoms with Gasteiger partial charge in [-0.25, -0.2) is 19.7 Å². The number of anilines is 1. The van der Waals surface area contributed by atoms with Gasteiger partial charge in [-0.2, -0.15) is 0 Å². The minimum absolute atomic E-state index is 0.0158. The molecule has 1 atom stereocenters. The molecule has 1 fully saturated rings. The number of benzene rings is 2. The number of nitrogens with zero attached hydrogens (tertiary/aromatic N) is 3. The van der Waals surface area contributed by atoms with E-state index in [9.17, 15) is 19.2 Å². The van der Waals surface area contributed by atoms with Gasteiger partial charge in [0.25, 0.3) is 0 Å². The highest BCUT2D eigenvalue weighted by atomic mass is 32.2. The minimum atomic E-state index is -0.718. The third-order valence-corrected chi connectivity index (χ3v) is 6.76. The molecule has 0 bridgehead atoms. The van der Waals surface area contributed by atoms with Crippen molar-refractivity contribution in [1.82, 2.24) is 9.97 Å². The molecular formula is C27H25N3O7S. The van der Waals surface area contributed by atoms with Gasteiger partial charge in [-0.05, 0) is 62.4 Å².